The van der Waals surface area contributed by atoms with E-state index in [1.807, 2.05) is 71.3 Å². The van der Waals surface area contributed by atoms with Crippen molar-refractivity contribution in [1.29, 1.82) is 0 Å². The van der Waals surface area contributed by atoms with Crippen LogP contribution in [0.1, 0.15) is 12.2 Å². The van der Waals surface area contributed by atoms with Gasteiger partial charge in [0.25, 0.3) is 0 Å². The third-order valence-electron chi connectivity index (χ3n) is 4.68. The van der Waals surface area contributed by atoms with E-state index in [0.29, 0.717) is 16.7 Å². The molecule has 0 spiro atoms. The number of aromatic nitrogens is 3. The van der Waals surface area contributed by atoms with Crippen LogP contribution in [-0.2, 0) is 11.4 Å². The minimum atomic E-state index is -0.845. The maximum absolute atomic E-state index is 10.9. The molecule has 1 N–H and O–H groups in total. The van der Waals surface area contributed by atoms with E-state index in [-0.39, 0.29) is 13.0 Å². The summed E-state index contributed by atoms with van der Waals surface area (Å²) in [5, 5.41) is 20.3. The maximum Gasteiger partial charge on any atom is 0.304 e. The number of thioether (sulfide) groups is 1. The predicted octanol–water partition coefficient (Wildman–Crippen LogP) is 4.57. The zero-order valence-electron chi connectivity index (χ0n) is 16.9. The Hall–Kier alpha value is -3.52. The van der Waals surface area contributed by atoms with Crippen LogP contribution in [0, 0.1) is 0 Å². The van der Waals surface area contributed by atoms with Crippen LogP contribution in [0.3, 0.4) is 0 Å². The van der Waals surface area contributed by atoms with Crippen LogP contribution < -0.4 is 9.47 Å². The quantitative estimate of drug-likeness (QED) is 0.385. The Balaban J connectivity index is 1.62. The highest BCUT2D eigenvalue weighted by molar-refractivity contribution is 7.99. The van der Waals surface area contributed by atoms with Gasteiger partial charge < -0.3 is 14.6 Å². The van der Waals surface area contributed by atoms with E-state index >= 15 is 0 Å². The first-order valence-corrected chi connectivity index (χ1v) is 10.7. The van der Waals surface area contributed by atoms with E-state index in [1.54, 1.807) is 7.11 Å². The molecule has 7 nitrogen and oxygen atoms in total. The molecule has 0 radical (unpaired) electrons. The molecule has 31 heavy (non-hydrogen) atoms. The lowest BCUT2D eigenvalue weighted by atomic mass is 10.1. The second-order valence-electron chi connectivity index (χ2n) is 6.69. The maximum atomic E-state index is 10.9. The fourth-order valence-electron chi connectivity index (χ4n) is 3.17. The van der Waals surface area contributed by atoms with Gasteiger partial charge in [0.05, 0.1) is 13.5 Å². The van der Waals surface area contributed by atoms with Crippen molar-refractivity contribution >= 4 is 28.5 Å². The minimum Gasteiger partial charge on any atom is -0.497 e. The average molecular weight is 436 g/mol. The molecule has 3 aromatic carbocycles. The first-order valence-electron chi connectivity index (χ1n) is 9.69. The van der Waals surface area contributed by atoms with Gasteiger partial charge in [-0.2, -0.15) is 0 Å². The lowest BCUT2D eigenvalue weighted by Gasteiger charge is -2.12. The number of carboxylic acid groups (broad SMARTS) is 1. The summed E-state index contributed by atoms with van der Waals surface area (Å²) in [5.41, 5.74) is 0.847. The number of methoxy groups -OCH3 is 1. The summed E-state index contributed by atoms with van der Waals surface area (Å²) >= 11 is 1.35. The Labute approximate surface area is 183 Å². The SMILES string of the molecule is COc1ccc(-n2c(COc3cccc4ccccc34)nnc2SCCC(=O)O)cc1. The van der Waals surface area contributed by atoms with Gasteiger partial charge in [-0.1, -0.05) is 48.2 Å². The van der Waals surface area contributed by atoms with Gasteiger partial charge in [0.1, 0.15) is 18.1 Å². The van der Waals surface area contributed by atoms with Gasteiger partial charge in [0, 0.05) is 16.8 Å². The Morgan fingerprint density at radius 3 is 2.58 bits per heavy atom. The fraction of sp³-hybridized carbons (Fsp3) is 0.174. The molecule has 1 heterocycles. The van der Waals surface area contributed by atoms with Crippen LogP contribution >= 0.6 is 11.8 Å². The van der Waals surface area contributed by atoms with Gasteiger partial charge in [-0.3, -0.25) is 9.36 Å². The van der Waals surface area contributed by atoms with E-state index in [9.17, 15) is 4.79 Å². The topological polar surface area (TPSA) is 86.5 Å². The minimum absolute atomic E-state index is 0.0436. The van der Waals surface area contributed by atoms with Crippen molar-refractivity contribution in [2.24, 2.45) is 0 Å². The largest absolute Gasteiger partial charge is 0.497 e. The highest BCUT2D eigenvalue weighted by atomic mass is 32.2. The molecule has 0 amide bonds. The summed E-state index contributed by atoms with van der Waals surface area (Å²) in [6.45, 7) is 0.215. The predicted molar refractivity (Wildman–Crippen MR) is 119 cm³/mol. The van der Waals surface area contributed by atoms with Crippen LogP contribution in [0.15, 0.2) is 71.9 Å². The summed E-state index contributed by atoms with van der Waals surface area (Å²) in [7, 11) is 1.62. The van der Waals surface area contributed by atoms with Gasteiger partial charge >= 0.3 is 5.97 Å². The summed E-state index contributed by atoms with van der Waals surface area (Å²) in [4.78, 5) is 10.9. The monoisotopic (exact) mass is 435 g/mol. The molecule has 0 bridgehead atoms. The summed E-state index contributed by atoms with van der Waals surface area (Å²) in [6, 6.07) is 21.5. The highest BCUT2D eigenvalue weighted by Gasteiger charge is 2.16. The van der Waals surface area contributed by atoms with Crippen molar-refractivity contribution in [1.82, 2.24) is 14.8 Å². The average Bonchev–Trinajstić information content (AvgIpc) is 3.20. The van der Waals surface area contributed by atoms with Gasteiger partial charge in [-0.05, 0) is 35.7 Å². The molecule has 4 rings (SSSR count). The molecule has 158 valence electrons. The van der Waals surface area contributed by atoms with Crippen LogP contribution in [-0.4, -0.2) is 38.7 Å². The number of rotatable bonds is 9. The van der Waals surface area contributed by atoms with Gasteiger partial charge in [-0.15, -0.1) is 10.2 Å². The second-order valence-corrected chi connectivity index (χ2v) is 7.75. The van der Waals surface area contributed by atoms with E-state index in [1.165, 1.54) is 11.8 Å². The van der Waals surface area contributed by atoms with E-state index in [4.69, 9.17) is 14.6 Å². The highest BCUT2D eigenvalue weighted by Crippen LogP contribution is 2.28. The van der Waals surface area contributed by atoms with Crippen molar-refractivity contribution in [2.45, 2.75) is 18.2 Å². The number of nitrogens with zero attached hydrogens (tertiary/aromatic N) is 3. The molecule has 0 aliphatic carbocycles. The number of hydrogen-bond acceptors (Lipinski definition) is 6. The molecule has 0 atom stereocenters. The van der Waals surface area contributed by atoms with Crippen molar-refractivity contribution < 1.29 is 19.4 Å². The van der Waals surface area contributed by atoms with Crippen LogP contribution in [0.2, 0.25) is 0 Å². The first kappa shape index (κ1) is 20.7. The van der Waals surface area contributed by atoms with Crippen molar-refractivity contribution in [3.8, 4) is 17.2 Å². The van der Waals surface area contributed by atoms with Gasteiger partial charge in [0.15, 0.2) is 11.0 Å². The molecule has 0 unspecified atom stereocenters. The zero-order valence-corrected chi connectivity index (χ0v) is 17.7. The normalized spacial score (nSPS) is 10.9. The van der Waals surface area contributed by atoms with Crippen LogP contribution in [0.5, 0.6) is 11.5 Å². The molecule has 0 saturated carbocycles. The molecule has 1 aromatic heterocycles. The lowest BCUT2D eigenvalue weighted by Crippen LogP contribution is -2.07. The molecule has 0 saturated heterocycles. The number of fused-ring (bicyclic) bond motifs is 1. The molecular formula is C23H21N3O4S. The molecule has 4 aromatic rings. The third kappa shape index (κ3) is 4.80. The number of ether oxygens (including phenoxy) is 2. The number of hydrogen-bond donors (Lipinski definition) is 1. The molecule has 0 aliphatic heterocycles. The summed E-state index contributed by atoms with van der Waals surface area (Å²) in [6.07, 6.45) is 0.0436. The van der Waals surface area contributed by atoms with Crippen molar-refractivity contribution in [3.05, 3.63) is 72.6 Å². The Morgan fingerprint density at radius 2 is 1.81 bits per heavy atom. The molecule has 0 fully saturated rings. The van der Waals surface area contributed by atoms with Crippen LogP contribution in [0.25, 0.3) is 16.5 Å². The fourth-order valence-corrected chi connectivity index (χ4v) is 4.07. The second kappa shape index (κ2) is 9.53. The Bertz CT molecular complexity index is 1190. The smallest absolute Gasteiger partial charge is 0.304 e. The third-order valence-corrected chi connectivity index (χ3v) is 5.62. The Morgan fingerprint density at radius 1 is 1.03 bits per heavy atom. The summed E-state index contributed by atoms with van der Waals surface area (Å²) < 4.78 is 13.3. The van der Waals surface area contributed by atoms with Crippen molar-refractivity contribution in [3.63, 3.8) is 0 Å². The summed E-state index contributed by atoms with van der Waals surface area (Å²) in [5.74, 6) is 1.68. The number of benzene rings is 3. The number of aliphatic carboxylic acids is 1. The first-order chi connectivity index (χ1) is 15.2. The van der Waals surface area contributed by atoms with E-state index in [0.717, 1.165) is 28.0 Å². The molecule has 8 heteroatoms. The zero-order chi connectivity index (χ0) is 21.6. The Kier molecular flexibility index (Phi) is 6.37. The molecule has 0 aliphatic rings. The number of carboxylic acids is 1. The van der Waals surface area contributed by atoms with Crippen molar-refractivity contribution in [2.75, 3.05) is 12.9 Å². The van der Waals surface area contributed by atoms with Gasteiger partial charge in [0.2, 0.25) is 0 Å². The van der Waals surface area contributed by atoms with Gasteiger partial charge in [-0.25, -0.2) is 0 Å². The number of carbonyl (C=O) groups is 1. The molecular weight excluding hydrogens is 414 g/mol. The van der Waals surface area contributed by atoms with E-state index in [2.05, 4.69) is 10.2 Å². The lowest BCUT2D eigenvalue weighted by molar-refractivity contribution is -0.136. The standard InChI is InChI=1S/C23H21N3O4S/c1-29-18-11-9-17(10-12-18)26-21(24-25-23(26)31-14-13-22(27)28)15-30-20-8-4-6-16-5-2-3-7-19(16)20/h2-12H,13-15H2,1H3,(H,27,28). The van der Waals surface area contributed by atoms with E-state index < -0.39 is 5.97 Å². The van der Waals surface area contributed by atoms with Crippen LogP contribution in [0.4, 0.5) is 0 Å².